The molecule has 0 radical (unpaired) electrons. The van der Waals surface area contributed by atoms with Gasteiger partial charge in [-0.05, 0) is 37.3 Å². The minimum Gasteiger partial charge on any atom is -0.367 e. The van der Waals surface area contributed by atoms with Crippen LogP contribution in [0.5, 0.6) is 0 Å². The third-order valence-corrected chi connectivity index (χ3v) is 5.42. The highest BCUT2D eigenvalue weighted by Gasteiger charge is 2.18. The van der Waals surface area contributed by atoms with Gasteiger partial charge in [0.05, 0.1) is 17.1 Å². The first-order valence-electron chi connectivity index (χ1n) is 10.2. The lowest BCUT2D eigenvalue weighted by atomic mass is 10.2. The molecule has 6 heteroatoms. The van der Waals surface area contributed by atoms with Crippen LogP contribution < -0.4 is 10.2 Å². The van der Waals surface area contributed by atoms with Crippen LogP contribution in [0.1, 0.15) is 11.4 Å². The Morgan fingerprint density at radius 1 is 0.966 bits per heavy atom. The number of nitrogens with zero attached hydrogens (tertiary/aromatic N) is 4. The zero-order valence-corrected chi connectivity index (χ0v) is 16.9. The van der Waals surface area contributed by atoms with Gasteiger partial charge < -0.3 is 10.2 Å². The molecule has 0 saturated carbocycles. The van der Waals surface area contributed by atoms with Crippen LogP contribution in [0.2, 0.25) is 0 Å². The molecule has 1 N–H and O–H groups in total. The summed E-state index contributed by atoms with van der Waals surface area (Å²) in [5.41, 5.74) is 3.99. The normalized spacial score (nSPS) is 15.0. The van der Waals surface area contributed by atoms with Gasteiger partial charge >= 0.3 is 0 Å². The van der Waals surface area contributed by atoms with E-state index in [9.17, 15) is 4.39 Å². The molecule has 0 amide bonds. The number of para-hydroxylation sites is 2. The number of aryl methyl sites for hydroxylation is 1. The number of hydrogen-bond acceptors (Lipinski definition) is 4. The first-order chi connectivity index (χ1) is 14.2. The molecule has 29 heavy (non-hydrogen) atoms. The van der Waals surface area contributed by atoms with E-state index in [1.807, 2.05) is 35.0 Å². The summed E-state index contributed by atoms with van der Waals surface area (Å²) in [5.74, 6) is -0.132. The van der Waals surface area contributed by atoms with E-state index in [-0.39, 0.29) is 5.82 Å². The smallest absolute Gasteiger partial charge is 0.146 e. The number of halogens is 1. The second-order valence-electron chi connectivity index (χ2n) is 7.48. The Balaban J connectivity index is 1.21. The lowest BCUT2D eigenvalue weighted by Crippen LogP contribution is -2.48. The monoisotopic (exact) mass is 393 g/mol. The van der Waals surface area contributed by atoms with Gasteiger partial charge in [0, 0.05) is 51.5 Å². The average Bonchev–Trinajstić information content (AvgIpc) is 3.13. The third-order valence-electron chi connectivity index (χ3n) is 5.42. The van der Waals surface area contributed by atoms with Crippen molar-refractivity contribution < 1.29 is 4.39 Å². The van der Waals surface area contributed by atoms with Gasteiger partial charge in [-0.2, -0.15) is 5.10 Å². The van der Waals surface area contributed by atoms with Gasteiger partial charge in [0.1, 0.15) is 5.82 Å². The molecule has 2 aromatic carbocycles. The largest absolute Gasteiger partial charge is 0.367 e. The van der Waals surface area contributed by atoms with Crippen molar-refractivity contribution >= 4 is 5.69 Å². The molecule has 5 nitrogen and oxygen atoms in total. The minimum absolute atomic E-state index is 0.132. The Hall–Kier alpha value is -2.70. The highest BCUT2D eigenvalue weighted by molar-refractivity contribution is 5.48. The average molecular weight is 394 g/mol. The van der Waals surface area contributed by atoms with Crippen LogP contribution in [-0.2, 0) is 6.54 Å². The number of aromatic nitrogens is 2. The predicted octanol–water partition coefficient (Wildman–Crippen LogP) is 3.23. The fourth-order valence-electron chi connectivity index (χ4n) is 3.83. The number of hydrogen-bond donors (Lipinski definition) is 1. The molecule has 1 saturated heterocycles. The molecule has 4 rings (SSSR count). The lowest BCUT2D eigenvalue weighted by Gasteiger charge is -2.36. The minimum atomic E-state index is -0.132. The predicted molar refractivity (Wildman–Crippen MR) is 115 cm³/mol. The van der Waals surface area contributed by atoms with E-state index >= 15 is 0 Å². The van der Waals surface area contributed by atoms with Crippen molar-refractivity contribution in [2.75, 3.05) is 44.2 Å². The lowest BCUT2D eigenvalue weighted by molar-refractivity contribution is 0.256. The first kappa shape index (κ1) is 19.6. The van der Waals surface area contributed by atoms with Crippen LogP contribution in [0.3, 0.4) is 0 Å². The van der Waals surface area contributed by atoms with E-state index in [4.69, 9.17) is 5.10 Å². The molecular weight excluding hydrogens is 365 g/mol. The standard InChI is InChI=1S/C23H28FN5/c1-19-17-20(26-29(19)21-7-3-2-4-8-21)18-25-11-12-27-13-15-28(16-14-27)23-10-6-5-9-22(23)24/h2-10,17,25H,11-16,18H2,1H3. The second kappa shape index (κ2) is 9.20. The maximum Gasteiger partial charge on any atom is 0.146 e. The van der Waals surface area contributed by atoms with Crippen LogP contribution in [0, 0.1) is 12.7 Å². The Bertz CT molecular complexity index is 916. The molecule has 1 aliphatic heterocycles. The zero-order valence-electron chi connectivity index (χ0n) is 16.9. The van der Waals surface area contributed by atoms with Crippen LogP contribution in [0.4, 0.5) is 10.1 Å². The summed E-state index contributed by atoms with van der Waals surface area (Å²) in [7, 11) is 0. The van der Waals surface area contributed by atoms with Crippen LogP contribution >= 0.6 is 0 Å². The van der Waals surface area contributed by atoms with Gasteiger partial charge in [-0.15, -0.1) is 0 Å². The van der Waals surface area contributed by atoms with Crippen molar-refractivity contribution in [1.29, 1.82) is 0 Å². The third kappa shape index (κ3) is 4.83. The van der Waals surface area contributed by atoms with E-state index in [2.05, 4.69) is 40.2 Å². The molecule has 0 aliphatic carbocycles. The molecule has 0 bridgehead atoms. The van der Waals surface area contributed by atoms with Crippen molar-refractivity contribution in [2.24, 2.45) is 0 Å². The molecule has 0 spiro atoms. The molecule has 1 aromatic heterocycles. The van der Waals surface area contributed by atoms with Crippen molar-refractivity contribution in [3.05, 3.63) is 77.9 Å². The molecule has 152 valence electrons. The van der Waals surface area contributed by atoms with Crippen LogP contribution in [0.15, 0.2) is 60.7 Å². The quantitative estimate of drug-likeness (QED) is 0.626. The van der Waals surface area contributed by atoms with E-state index in [1.165, 1.54) is 6.07 Å². The van der Waals surface area contributed by atoms with E-state index in [0.717, 1.165) is 68.6 Å². The van der Waals surface area contributed by atoms with Crippen LogP contribution in [-0.4, -0.2) is 53.9 Å². The van der Waals surface area contributed by atoms with E-state index in [1.54, 1.807) is 6.07 Å². The maximum absolute atomic E-state index is 13.9. The van der Waals surface area contributed by atoms with Crippen molar-refractivity contribution in [3.63, 3.8) is 0 Å². The molecule has 0 unspecified atom stereocenters. The Kier molecular flexibility index (Phi) is 6.22. The van der Waals surface area contributed by atoms with Gasteiger partial charge in [0.15, 0.2) is 0 Å². The molecule has 1 fully saturated rings. The summed E-state index contributed by atoms with van der Waals surface area (Å²) in [5, 5.41) is 8.22. The fraction of sp³-hybridized carbons (Fsp3) is 0.348. The van der Waals surface area contributed by atoms with Crippen molar-refractivity contribution in [2.45, 2.75) is 13.5 Å². The van der Waals surface area contributed by atoms with Crippen molar-refractivity contribution in [3.8, 4) is 5.69 Å². The zero-order chi connectivity index (χ0) is 20.1. The van der Waals surface area contributed by atoms with Gasteiger partial charge in [-0.1, -0.05) is 30.3 Å². The number of anilines is 1. The molecule has 0 atom stereocenters. The van der Waals surface area contributed by atoms with Crippen LogP contribution in [0.25, 0.3) is 5.69 Å². The summed E-state index contributed by atoms with van der Waals surface area (Å²) in [6.45, 7) is 8.38. The highest BCUT2D eigenvalue weighted by Crippen LogP contribution is 2.20. The summed E-state index contributed by atoms with van der Waals surface area (Å²) in [6.07, 6.45) is 0. The number of piperazine rings is 1. The van der Waals surface area contributed by atoms with E-state index < -0.39 is 0 Å². The molecule has 3 aromatic rings. The topological polar surface area (TPSA) is 36.3 Å². The number of nitrogens with one attached hydrogen (secondary N) is 1. The first-order valence-corrected chi connectivity index (χ1v) is 10.2. The van der Waals surface area contributed by atoms with Gasteiger partial charge in [-0.25, -0.2) is 9.07 Å². The van der Waals surface area contributed by atoms with Gasteiger partial charge in [-0.3, -0.25) is 4.90 Å². The Morgan fingerprint density at radius 2 is 1.69 bits per heavy atom. The SMILES string of the molecule is Cc1cc(CNCCN2CCN(c3ccccc3F)CC2)nn1-c1ccccc1. The van der Waals surface area contributed by atoms with Gasteiger partial charge in [0.2, 0.25) is 0 Å². The fourth-order valence-corrected chi connectivity index (χ4v) is 3.83. The van der Waals surface area contributed by atoms with E-state index in [0.29, 0.717) is 0 Å². The summed E-state index contributed by atoms with van der Waals surface area (Å²) in [4.78, 5) is 4.57. The molecule has 1 aliphatic rings. The number of rotatable bonds is 7. The summed E-state index contributed by atoms with van der Waals surface area (Å²) < 4.78 is 15.9. The number of benzene rings is 2. The highest BCUT2D eigenvalue weighted by atomic mass is 19.1. The van der Waals surface area contributed by atoms with Gasteiger partial charge in [0.25, 0.3) is 0 Å². The Labute approximate surface area is 171 Å². The Morgan fingerprint density at radius 3 is 2.45 bits per heavy atom. The molecule has 2 heterocycles. The second-order valence-corrected chi connectivity index (χ2v) is 7.48. The van der Waals surface area contributed by atoms with Crippen molar-refractivity contribution in [1.82, 2.24) is 20.0 Å². The summed E-state index contributed by atoms with van der Waals surface area (Å²) in [6, 6.07) is 19.4. The summed E-state index contributed by atoms with van der Waals surface area (Å²) >= 11 is 0. The maximum atomic E-state index is 13.9. The molecular formula is C23H28FN5.